The number of halogens is 1. The number of carbonyl (C=O) groups excluding carboxylic acids is 2. The number of H-pyrrole nitrogens is 1. The highest BCUT2D eigenvalue weighted by atomic mass is 35.5. The zero-order valence-electron chi connectivity index (χ0n) is 21.5. The number of nitrogens with zero attached hydrogens (tertiary/aromatic N) is 2. The van der Waals surface area contributed by atoms with Crippen molar-refractivity contribution in [3.63, 3.8) is 0 Å². The minimum absolute atomic E-state index is 0.0366. The van der Waals surface area contributed by atoms with Gasteiger partial charge in [0.05, 0.1) is 6.42 Å². The van der Waals surface area contributed by atoms with E-state index in [1.165, 1.54) is 0 Å². The third kappa shape index (κ3) is 6.20. The Balaban J connectivity index is 1.29. The third-order valence-electron chi connectivity index (χ3n) is 7.26. The van der Waals surface area contributed by atoms with Gasteiger partial charge >= 0.3 is 0 Å². The average Bonchev–Trinajstić information content (AvgIpc) is 3.34. The van der Waals surface area contributed by atoms with E-state index >= 15 is 0 Å². The van der Waals surface area contributed by atoms with Crippen molar-refractivity contribution >= 4 is 34.3 Å². The van der Waals surface area contributed by atoms with Crippen LogP contribution in [0.15, 0.2) is 85.1 Å². The van der Waals surface area contributed by atoms with E-state index in [-0.39, 0.29) is 23.8 Å². The van der Waals surface area contributed by atoms with Gasteiger partial charge in [0.1, 0.15) is 11.9 Å². The SMILES string of the molecule is CN(Cc1ccccc1)C(=O)C[C@H]1CN(C(=O)Cc2c[nH]c3ccccc23)CC[C@@H]1Oc1ccc(Cl)cc1. The average molecular weight is 530 g/mol. The number of amides is 2. The Bertz CT molecular complexity index is 1390. The lowest BCUT2D eigenvalue weighted by Gasteiger charge is -2.39. The minimum atomic E-state index is -0.178. The molecule has 38 heavy (non-hydrogen) atoms. The highest BCUT2D eigenvalue weighted by Gasteiger charge is 2.35. The maximum atomic E-state index is 13.4. The summed E-state index contributed by atoms with van der Waals surface area (Å²) in [5.41, 5.74) is 3.09. The number of ether oxygens (including phenoxy) is 1. The Morgan fingerprint density at radius 1 is 1.03 bits per heavy atom. The second-order valence-corrected chi connectivity index (χ2v) is 10.4. The van der Waals surface area contributed by atoms with Gasteiger partial charge in [0.25, 0.3) is 0 Å². The van der Waals surface area contributed by atoms with Crippen molar-refractivity contribution in [2.75, 3.05) is 20.1 Å². The van der Waals surface area contributed by atoms with Crippen molar-refractivity contribution in [1.29, 1.82) is 0 Å². The predicted molar refractivity (Wildman–Crippen MR) is 150 cm³/mol. The molecule has 0 aliphatic carbocycles. The van der Waals surface area contributed by atoms with E-state index in [1.807, 2.05) is 84.9 Å². The molecule has 2 heterocycles. The zero-order valence-corrected chi connectivity index (χ0v) is 22.2. The molecule has 7 heteroatoms. The standard InChI is InChI=1S/C31H32ClN3O3/c1-34(20-22-7-3-2-4-8-22)30(36)18-24-21-35(16-15-29(24)38-26-13-11-25(32)12-14-26)31(37)17-23-19-33-28-10-6-5-9-27(23)28/h2-14,19,24,29,33H,15-18,20-21H2,1H3/t24-,29-/m0/s1. The summed E-state index contributed by atoms with van der Waals surface area (Å²) in [5.74, 6) is 0.689. The molecular weight excluding hydrogens is 498 g/mol. The molecule has 5 rings (SSSR count). The van der Waals surface area contributed by atoms with Crippen molar-refractivity contribution in [3.05, 3.63) is 101 Å². The van der Waals surface area contributed by atoms with Crippen LogP contribution in [0, 0.1) is 5.92 Å². The van der Waals surface area contributed by atoms with Gasteiger partial charge < -0.3 is 19.5 Å². The fourth-order valence-corrected chi connectivity index (χ4v) is 5.28. The first-order valence-corrected chi connectivity index (χ1v) is 13.4. The lowest BCUT2D eigenvalue weighted by Crippen LogP contribution is -2.49. The van der Waals surface area contributed by atoms with Gasteiger partial charge in [0.15, 0.2) is 0 Å². The van der Waals surface area contributed by atoms with Gasteiger partial charge in [0, 0.05) is 67.6 Å². The van der Waals surface area contributed by atoms with E-state index in [1.54, 1.807) is 17.0 Å². The lowest BCUT2D eigenvalue weighted by molar-refractivity contribution is -0.138. The maximum Gasteiger partial charge on any atom is 0.227 e. The second kappa shape index (κ2) is 11.7. The van der Waals surface area contributed by atoms with Crippen LogP contribution in [-0.2, 0) is 22.6 Å². The molecule has 1 saturated heterocycles. The first kappa shape index (κ1) is 25.9. The van der Waals surface area contributed by atoms with Gasteiger partial charge in [-0.15, -0.1) is 0 Å². The molecule has 0 unspecified atom stereocenters. The lowest BCUT2D eigenvalue weighted by atomic mass is 9.90. The van der Waals surface area contributed by atoms with Crippen molar-refractivity contribution in [2.45, 2.75) is 31.9 Å². The summed E-state index contributed by atoms with van der Waals surface area (Å²) in [5, 5.41) is 1.71. The first-order chi connectivity index (χ1) is 18.5. The number of hydrogen-bond donors (Lipinski definition) is 1. The number of benzene rings is 3. The molecule has 196 valence electrons. The monoisotopic (exact) mass is 529 g/mol. The van der Waals surface area contributed by atoms with Crippen molar-refractivity contribution in [1.82, 2.24) is 14.8 Å². The number of piperidine rings is 1. The largest absolute Gasteiger partial charge is 0.490 e. The van der Waals surface area contributed by atoms with Gasteiger partial charge in [-0.25, -0.2) is 0 Å². The predicted octanol–water partition coefficient (Wildman–Crippen LogP) is 5.71. The number of hydrogen-bond acceptors (Lipinski definition) is 3. The number of aromatic amines is 1. The van der Waals surface area contributed by atoms with Crippen LogP contribution >= 0.6 is 11.6 Å². The Morgan fingerprint density at radius 2 is 1.76 bits per heavy atom. The first-order valence-electron chi connectivity index (χ1n) is 13.0. The molecule has 2 atom stereocenters. The molecular formula is C31H32ClN3O3. The number of para-hydroxylation sites is 1. The molecule has 4 aromatic rings. The molecule has 3 aromatic carbocycles. The summed E-state index contributed by atoms with van der Waals surface area (Å²) in [6.07, 6.45) is 3.02. The van der Waals surface area contributed by atoms with E-state index < -0.39 is 0 Å². The van der Waals surface area contributed by atoms with Crippen LogP contribution in [-0.4, -0.2) is 52.8 Å². The molecule has 2 amide bonds. The molecule has 1 aromatic heterocycles. The van der Waals surface area contributed by atoms with Crippen LogP contribution in [0.25, 0.3) is 10.9 Å². The van der Waals surface area contributed by atoms with Gasteiger partial charge in [0.2, 0.25) is 11.8 Å². The summed E-state index contributed by atoms with van der Waals surface area (Å²) in [4.78, 5) is 33.6. The summed E-state index contributed by atoms with van der Waals surface area (Å²) in [6, 6.07) is 25.2. The molecule has 1 fully saturated rings. The highest BCUT2D eigenvalue weighted by Crippen LogP contribution is 2.28. The zero-order chi connectivity index (χ0) is 26.5. The summed E-state index contributed by atoms with van der Waals surface area (Å²) >= 11 is 6.05. The summed E-state index contributed by atoms with van der Waals surface area (Å²) < 4.78 is 6.34. The molecule has 6 nitrogen and oxygen atoms in total. The fourth-order valence-electron chi connectivity index (χ4n) is 5.15. The minimum Gasteiger partial charge on any atom is -0.490 e. The smallest absolute Gasteiger partial charge is 0.227 e. The number of fused-ring (bicyclic) bond motifs is 1. The topological polar surface area (TPSA) is 65.6 Å². The molecule has 0 radical (unpaired) electrons. The van der Waals surface area contributed by atoms with Gasteiger partial charge in [-0.3, -0.25) is 9.59 Å². The molecule has 1 N–H and O–H groups in total. The Labute approximate surface area is 228 Å². The number of carbonyl (C=O) groups is 2. The third-order valence-corrected chi connectivity index (χ3v) is 7.51. The van der Waals surface area contributed by atoms with E-state index in [9.17, 15) is 9.59 Å². The van der Waals surface area contributed by atoms with Crippen LogP contribution in [0.3, 0.4) is 0 Å². The van der Waals surface area contributed by atoms with Crippen molar-refractivity contribution < 1.29 is 14.3 Å². The van der Waals surface area contributed by atoms with Crippen molar-refractivity contribution in [3.8, 4) is 5.75 Å². The van der Waals surface area contributed by atoms with Gasteiger partial charge in [-0.2, -0.15) is 0 Å². The van der Waals surface area contributed by atoms with Crippen LogP contribution in [0.4, 0.5) is 0 Å². The van der Waals surface area contributed by atoms with Crippen LogP contribution in [0.2, 0.25) is 5.02 Å². The Kier molecular flexibility index (Phi) is 7.99. The molecule has 1 aliphatic heterocycles. The normalized spacial score (nSPS) is 17.4. The number of aromatic nitrogens is 1. The van der Waals surface area contributed by atoms with Gasteiger partial charge in [-0.1, -0.05) is 60.1 Å². The highest BCUT2D eigenvalue weighted by molar-refractivity contribution is 6.30. The van der Waals surface area contributed by atoms with Crippen LogP contribution < -0.4 is 4.74 Å². The van der Waals surface area contributed by atoms with E-state index in [2.05, 4.69) is 4.98 Å². The molecule has 0 spiro atoms. The second-order valence-electron chi connectivity index (χ2n) is 9.97. The van der Waals surface area contributed by atoms with E-state index in [0.717, 1.165) is 22.0 Å². The summed E-state index contributed by atoms with van der Waals surface area (Å²) in [7, 11) is 1.83. The van der Waals surface area contributed by atoms with E-state index in [4.69, 9.17) is 16.3 Å². The Hall–Kier alpha value is -3.77. The molecule has 1 aliphatic rings. The number of rotatable bonds is 8. The van der Waals surface area contributed by atoms with Crippen LogP contribution in [0.1, 0.15) is 24.0 Å². The summed E-state index contributed by atoms with van der Waals surface area (Å²) in [6.45, 7) is 1.60. The van der Waals surface area contributed by atoms with Crippen molar-refractivity contribution in [2.24, 2.45) is 5.92 Å². The number of nitrogens with one attached hydrogen (secondary N) is 1. The quantitative estimate of drug-likeness (QED) is 0.318. The Morgan fingerprint density at radius 3 is 2.55 bits per heavy atom. The molecule has 0 saturated carbocycles. The maximum absolute atomic E-state index is 13.4. The fraction of sp³-hybridized carbons (Fsp3) is 0.290. The van der Waals surface area contributed by atoms with E-state index in [0.29, 0.717) is 49.7 Å². The molecule has 0 bridgehead atoms. The number of likely N-dealkylation sites (tertiary alicyclic amines) is 1. The van der Waals surface area contributed by atoms with Gasteiger partial charge in [-0.05, 0) is 41.5 Å². The van der Waals surface area contributed by atoms with Crippen LogP contribution in [0.5, 0.6) is 5.75 Å².